The van der Waals surface area contributed by atoms with Gasteiger partial charge < -0.3 is 10.1 Å². The van der Waals surface area contributed by atoms with E-state index in [-0.39, 0.29) is 5.91 Å². The molecule has 1 heterocycles. The fraction of sp³-hybridized carbons (Fsp3) is 0.111. The van der Waals surface area contributed by atoms with Gasteiger partial charge in [0.15, 0.2) is 0 Å². The minimum absolute atomic E-state index is 0.167. The van der Waals surface area contributed by atoms with Crippen LogP contribution in [-0.4, -0.2) is 18.0 Å². The number of fused-ring (bicyclic) bond motifs is 1. The van der Waals surface area contributed by atoms with Crippen molar-refractivity contribution >= 4 is 22.5 Å². The molecule has 4 heteroatoms. The summed E-state index contributed by atoms with van der Waals surface area (Å²) in [7, 11) is 1.64. The zero-order valence-electron chi connectivity index (χ0n) is 12.5. The summed E-state index contributed by atoms with van der Waals surface area (Å²) in [6.07, 6.45) is 1.66. The summed E-state index contributed by atoms with van der Waals surface area (Å²) in [5.41, 5.74) is 1.53. The molecule has 110 valence electrons. The highest BCUT2D eigenvalue weighted by molar-refractivity contribution is 6.06. The molecule has 0 atom stereocenters. The van der Waals surface area contributed by atoms with Crippen LogP contribution in [-0.2, 0) is 0 Å². The zero-order chi connectivity index (χ0) is 15.5. The first kappa shape index (κ1) is 14.1. The molecule has 0 aliphatic carbocycles. The number of methoxy groups -OCH3 is 1. The predicted molar refractivity (Wildman–Crippen MR) is 87.4 cm³/mol. The van der Waals surface area contributed by atoms with E-state index in [4.69, 9.17) is 4.74 Å². The van der Waals surface area contributed by atoms with Crippen LogP contribution in [0.2, 0.25) is 0 Å². The number of pyridine rings is 1. The Bertz CT molecular complexity index is 843. The fourth-order valence-corrected chi connectivity index (χ4v) is 2.29. The number of aryl methyl sites for hydroxylation is 1. The first-order valence-corrected chi connectivity index (χ1v) is 6.98. The van der Waals surface area contributed by atoms with E-state index in [2.05, 4.69) is 10.3 Å². The standard InChI is InChI=1S/C18H16N2O2/c1-12-4-3-9-19-17(12)20-18(21)15-6-5-14-11-16(22-2)8-7-13(14)10-15/h3-11H,1-2H3,(H,19,20,21). The lowest BCUT2D eigenvalue weighted by molar-refractivity contribution is 0.102. The van der Waals surface area contributed by atoms with Gasteiger partial charge in [-0.2, -0.15) is 0 Å². The molecule has 3 rings (SSSR count). The molecule has 0 saturated heterocycles. The largest absolute Gasteiger partial charge is 0.497 e. The van der Waals surface area contributed by atoms with Crippen molar-refractivity contribution in [2.45, 2.75) is 6.92 Å². The topological polar surface area (TPSA) is 51.2 Å². The Hall–Kier alpha value is -2.88. The minimum atomic E-state index is -0.167. The Balaban J connectivity index is 1.90. The van der Waals surface area contributed by atoms with Crippen molar-refractivity contribution in [3.8, 4) is 5.75 Å². The van der Waals surface area contributed by atoms with Gasteiger partial charge in [-0.15, -0.1) is 0 Å². The maximum Gasteiger partial charge on any atom is 0.256 e. The summed E-state index contributed by atoms with van der Waals surface area (Å²) in [5, 5.41) is 4.86. The zero-order valence-corrected chi connectivity index (χ0v) is 12.5. The third-order valence-electron chi connectivity index (χ3n) is 3.55. The molecule has 22 heavy (non-hydrogen) atoms. The average molecular weight is 292 g/mol. The quantitative estimate of drug-likeness (QED) is 0.798. The van der Waals surface area contributed by atoms with Crippen molar-refractivity contribution in [3.63, 3.8) is 0 Å². The summed E-state index contributed by atoms with van der Waals surface area (Å²) in [6, 6.07) is 15.1. The second kappa shape index (κ2) is 5.85. The molecule has 2 aromatic carbocycles. The number of nitrogens with zero attached hydrogens (tertiary/aromatic N) is 1. The van der Waals surface area contributed by atoms with Gasteiger partial charge in [-0.05, 0) is 53.6 Å². The Kier molecular flexibility index (Phi) is 3.74. The molecule has 0 saturated carbocycles. The van der Waals surface area contributed by atoms with Gasteiger partial charge in [0.05, 0.1) is 7.11 Å². The number of rotatable bonds is 3. The predicted octanol–water partition coefficient (Wildman–Crippen LogP) is 3.80. The number of ether oxygens (including phenoxy) is 1. The number of anilines is 1. The van der Waals surface area contributed by atoms with Crippen LogP contribution in [0.5, 0.6) is 5.75 Å². The molecule has 0 unspecified atom stereocenters. The van der Waals surface area contributed by atoms with Gasteiger partial charge in [0.2, 0.25) is 0 Å². The highest BCUT2D eigenvalue weighted by atomic mass is 16.5. The Morgan fingerprint density at radius 2 is 1.86 bits per heavy atom. The number of nitrogens with one attached hydrogen (secondary N) is 1. The highest BCUT2D eigenvalue weighted by Crippen LogP contribution is 2.22. The van der Waals surface area contributed by atoms with E-state index >= 15 is 0 Å². The number of benzene rings is 2. The molecule has 0 bridgehead atoms. The van der Waals surface area contributed by atoms with Gasteiger partial charge in [-0.25, -0.2) is 4.98 Å². The summed E-state index contributed by atoms with van der Waals surface area (Å²) in [5.74, 6) is 1.22. The van der Waals surface area contributed by atoms with E-state index in [1.165, 1.54) is 0 Å². The SMILES string of the molecule is COc1ccc2cc(C(=O)Nc3ncccc3C)ccc2c1. The molecule has 4 nitrogen and oxygen atoms in total. The van der Waals surface area contributed by atoms with E-state index < -0.39 is 0 Å². The van der Waals surface area contributed by atoms with Gasteiger partial charge in [-0.3, -0.25) is 4.79 Å². The van der Waals surface area contributed by atoms with E-state index in [0.717, 1.165) is 22.1 Å². The Labute approximate surface area is 128 Å². The van der Waals surface area contributed by atoms with E-state index in [0.29, 0.717) is 11.4 Å². The molecular formula is C18H16N2O2. The van der Waals surface area contributed by atoms with Gasteiger partial charge in [-0.1, -0.05) is 18.2 Å². The van der Waals surface area contributed by atoms with Crippen molar-refractivity contribution in [2.75, 3.05) is 12.4 Å². The second-order valence-corrected chi connectivity index (χ2v) is 5.05. The molecule has 1 amide bonds. The van der Waals surface area contributed by atoms with Gasteiger partial charge in [0.25, 0.3) is 5.91 Å². The van der Waals surface area contributed by atoms with Crippen molar-refractivity contribution in [2.24, 2.45) is 0 Å². The Morgan fingerprint density at radius 3 is 2.64 bits per heavy atom. The number of carbonyl (C=O) groups excluding carboxylic acids is 1. The lowest BCUT2D eigenvalue weighted by atomic mass is 10.1. The molecule has 0 aliphatic rings. The monoisotopic (exact) mass is 292 g/mol. The van der Waals surface area contributed by atoms with Crippen molar-refractivity contribution in [1.82, 2.24) is 4.98 Å². The number of aromatic nitrogens is 1. The summed E-state index contributed by atoms with van der Waals surface area (Å²) in [4.78, 5) is 16.5. The normalized spacial score (nSPS) is 10.5. The van der Waals surface area contributed by atoms with Gasteiger partial charge in [0, 0.05) is 11.8 Å². The summed E-state index contributed by atoms with van der Waals surface area (Å²) in [6.45, 7) is 1.91. The molecule has 1 aromatic heterocycles. The maximum absolute atomic E-state index is 12.4. The number of amides is 1. The van der Waals surface area contributed by atoms with Crippen molar-refractivity contribution < 1.29 is 9.53 Å². The second-order valence-electron chi connectivity index (χ2n) is 5.05. The van der Waals surface area contributed by atoms with Gasteiger partial charge in [0.1, 0.15) is 11.6 Å². The number of hydrogen-bond donors (Lipinski definition) is 1. The molecular weight excluding hydrogens is 276 g/mol. The van der Waals surface area contributed by atoms with E-state index in [9.17, 15) is 4.79 Å². The Morgan fingerprint density at radius 1 is 1.09 bits per heavy atom. The van der Waals surface area contributed by atoms with Crippen molar-refractivity contribution in [3.05, 3.63) is 65.9 Å². The molecule has 3 aromatic rings. The van der Waals surface area contributed by atoms with Gasteiger partial charge >= 0.3 is 0 Å². The molecule has 0 radical (unpaired) electrons. The minimum Gasteiger partial charge on any atom is -0.497 e. The van der Waals surface area contributed by atoms with Crippen LogP contribution in [0, 0.1) is 6.92 Å². The van der Waals surface area contributed by atoms with Crippen LogP contribution in [0.25, 0.3) is 10.8 Å². The fourth-order valence-electron chi connectivity index (χ4n) is 2.29. The smallest absolute Gasteiger partial charge is 0.256 e. The average Bonchev–Trinajstić information content (AvgIpc) is 2.56. The number of hydrogen-bond acceptors (Lipinski definition) is 3. The number of carbonyl (C=O) groups is 1. The van der Waals surface area contributed by atoms with Crippen LogP contribution < -0.4 is 10.1 Å². The highest BCUT2D eigenvalue weighted by Gasteiger charge is 2.09. The van der Waals surface area contributed by atoms with Crippen LogP contribution >= 0.6 is 0 Å². The van der Waals surface area contributed by atoms with Crippen LogP contribution in [0.3, 0.4) is 0 Å². The molecule has 0 aliphatic heterocycles. The van der Waals surface area contributed by atoms with Crippen LogP contribution in [0.1, 0.15) is 15.9 Å². The van der Waals surface area contributed by atoms with Crippen molar-refractivity contribution in [1.29, 1.82) is 0 Å². The van der Waals surface area contributed by atoms with Crippen LogP contribution in [0.4, 0.5) is 5.82 Å². The first-order chi connectivity index (χ1) is 10.7. The molecule has 0 spiro atoms. The molecule has 0 fully saturated rings. The molecule has 1 N–H and O–H groups in total. The van der Waals surface area contributed by atoms with Crippen LogP contribution in [0.15, 0.2) is 54.7 Å². The summed E-state index contributed by atoms with van der Waals surface area (Å²) >= 11 is 0. The lowest BCUT2D eigenvalue weighted by Gasteiger charge is -2.08. The van der Waals surface area contributed by atoms with E-state index in [1.807, 2.05) is 49.4 Å². The van der Waals surface area contributed by atoms with E-state index in [1.54, 1.807) is 19.4 Å². The lowest BCUT2D eigenvalue weighted by Crippen LogP contribution is -2.13. The third kappa shape index (κ3) is 2.76. The summed E-state index contributed by atoms with van der Waals surface area (Å²) < 4.78 is 5.20. The third-order valence-corrected chi connectivity index (χ3v) is 3.55. The first-order valence-electron chi connectivity index (χ1n) is 6.98. The maximum atomic E-state index is 12.4.